The number of nitrogen functional groups attached to an aromatic ring is 1. The lowest BCUT2D eigenvalue weighted by Crippen LogP contribution is -2.08. The summed E-state index contributed by atoms with van der Waals surface area (Å²) in [6.07, 6.45) is 0.900. The van der Waals surface area contributed by atoms with E-state index in [4.69, 9.17) is 15.2 Å². The van der Waals surface area contributed by atoms with Crippen molar-refractivity contribution in [3.05, 3.63) is 36.4 Å². The number of pyridine rings is 1. The van der Waals surface area contributed by atoms with E-state index in [1.807, 2.05) is 50.2 Å². The average molecular weight is 287 g/mol. The number of ether oxygens (including phenoxy) is 2. The Bertz CT molecular complexity index is 600. The van der Waals surface area contributed by atoms with Gasteiger partial charge in [-0.3, -0.25) is 0 Å². The minimum atomic E-state index is 0.415. The Hall–Kier alpha value is -2.43. The molecule has 5 nitrogen and oxygen atoms in total. The van der Waals surface area contributed by atoms with Gasteiger partial charge in [0, 0.05) is 31.9 Å². The van der Waals surface area contributed by atoms with Crippen LogP contribution in [0.25, 0.3) is 0 Å². The molecular formula is C16H21N3O2. The van der Waals surface area contributed by atoms with Crippen molar-refractivity contribution in [2.45, 2.75) is 13.3 Å². The lowest BCUT2D eigenvalue weighted by atomic mass is 10.3. The molecule has 1 aromatic carbocycles. The van der Waals surface area contributed by atoms with Gasteiger partial charge >= 0.3 is 0 Å². The standard InChI is InChI=1S/C16H21N3O2/c1-4-10-20-16-14(17)8-9-15(18-16)21-13-7-5-6-12(11-13)19(2)3/h5-9,11H,4,10,17H2,1-3H3. The third kappa shape index (κ3) is 4.02. The quantitative estimate of drug-likeness (QED) is 0.883. The van der Waals surface area contributed by atoms with Gasteiger partial charge in [-0.15, -0.1) is 0 Å². The monoisotopic (exact) mass is 287 g/mol. The maximum atomic E-state index is 5.84. The van der Waals surface area contributed by atoms with Gasteiger partial charge in [0.15, 0.2) is 0 Å². The number of benzene rings is 1. The van der Waals surface area contributed by atoms with E-state index in [2.05, 4.69) is 4.98 Å². The van der Waals surface area contributed by atoms with Crippen LogP contribution in [0.4, 0.5) is 11.4 Å². The molecule has 1 heterocycles. The van der Waals surface area contributed by atoms with E-state index in [1.54, 1.807) is 12.1 Å². The van der Waals surface area contributed by atoms with Crippen molar-refractivity contribution in [2.24, 2.45) is 0 Å². The molecule has 112 valence electrons. The van der Waals surface area contributed by atoms with Gasteiger partial charge in [0.25, 0.3) is 0 Å². The number of anilines is 2. The number of hydrogen-bond donors (Lipinski definition) is 1. The van der Waals surface area contributed by atoms with Gasteiger partial charge in [-0.05, 0) is 24.6 Å². The molecule has 0 atom stereocenters. The van der Waals surface area contributed by atoms with E-state index >= 15 is 0 Å². The topological polar surface area (TPSA) is 60.6 Å². The second-order valence-electron chi connectivity index (χ2n) is 4.89. The molecule has 0 radical (unpaired) electrons. The summed E-state index contributed by atoms with van der Waals surface area (Å²) >= 11 is 0. The zero-order valence-electron chi connectivity index (χ0n) is 12.7. The predicted molar refractivity (Wildman–Crippen MR) is 85.3 cm³/mol. The number of aromatic nitrogens is 1. The number of hydrogen-bond acceptors (Lipinski definition) is 5. The Morgan fingerprint density at radius 3 is 2.71 bits per heavy atom. The summed E-state index contributed by atoms with van der Waals surface area (Å²) in [7, 11) is 3.97. The summed E-state index contributed by atoms with van der Waals surface area (Å²) in [5.41, 5.74) is 7.41. The summed E-state index contributed by atoms with van der Waals surface area (Å²) in [4.78, 5) is 6.31. The highest BCUT2D eigenvalue weighted by atomic mass is 16.5. The molecule has 1 aromatic heterocycles. The SMILES string of the molecule is CCCOc1nc(Oc2cccc(N(C)C)c2)ccc1N. The third-order valence-corrected chi connectivity index (χ3v) is 2.86. The largest absolute Gasteiger partial charge is 0.476 e. The molecule has 21 heavy (non-hydrogen) atoms. The molecule has 2 rings (SSSR count). The molecule has 2 aromatic rings. The number of nitrogens with zero attached hydrogens (tertiary/aromatic N) is 2. The molecule has 2 N–H and O–H groups in total. The van der Waals surface area contributed by atoms with Crippen molar-refractivity contribution >= 4 is 11.4 Å². The second-order valence-corrected chi connectivity index (χ2v) is 4.89. The first-order valence-corrected chi connectivity index (χ1v) is 6.94. The summed E-state index contributed by atoms with van der Waals surface area (Å²) in [6.45, 7) is 2.61. The molecule has 0 bridgehead atoms. The van der Waals surface area contributed by atoms with Crippen LogP contribution in [0.5, 0.6) is 17.5 Å². The van der Waals surface area contributed by atoms with Gasteiger partial charge in [-0.25, -0.2) is 0 Å². The fourth-order valence-corrected chi connectivity index (χ4v) is 1.75. The van der Waals surface area contributed by atoms with E-state index in [9.17, 15) is 0 Å². The molecule has 0 saturated carbocycles. The lowest BCUT2D eigenvalue weighted by Gasteiger charge is -2.14. The molecule has 0 fully saturated rings. The molecule has 0 aliphatic heterocycles. The van der Waals surface area contributed by atoms with Crippen LogP contribution in [-0.2, 0) is 0 Å². The fraction of sp³-hybridized carbons (Fsp3) is 0.312. The summed E-state index contributed by atoms with van der Waals surface area (Å²) in [6, 6.07) is 11.3. The molecule has 0 aliphatic carbocycles. The van der Waals surface area contributed by atoms with Crippen LogP contribution < -0.4 is 20.1 Å². The normalized spacial score (nSPS) is 10.2. The van der Waals surface area contributed by atoms with Crippen LogP contribution in [0.1, 0.15) is 13.3 Å². The van der Waals surface area contributed by atoms with Gasteiger partial charge in [0.05, 0.1) is 12.3 Å². The zero-order valence-corrected chi connectivity index (χ0v) is 12.7. The van der Waals surface area contributed by atoms with Crippen molar-refractivity contribution in [2.75, 3.05) is 31.3 Å². The summed E-state index contributed by atoms with van der Waals surface area (Å²) in [5.74, 6) is 1.60. The first-order chi connectivity index (χ1) is 10.1. The number of rotatable bonds is 6. The highest BCUT2D eigenvalue weighted by molar-refractivity contribution is 5.52. The molecule has 0 amide bonds. The first kappa shape index (κ1) is 15.0. The predicted octanol–water partition coefficient (Wildman–Crippen LogP) is 3.31. The lowest BCUT2D eigenvalue weighted by molar-refractivity contribution is 0.302. The van der Waals surface area contributed by atoms with Crippen molar-refractivity contribution in [3.63, 3.8) is 0 Å². The van der Waals surface area contributed by atoms with Gasteiger partial charge in [-0.1, -0.05) is 13.0 Å². The average Bonchev–Trinajstić information content (AvgIpc) is 2.48. The van der Waals surface area contributed by atoms with Gasteiger partial charge in [0.2, 0.25) is 11.8 Å². The molecule has 0 spiro atoms. The number of nitrogens with two attached hydrogens (primary N) is 1. The Balaban J connectivity index is 2.17. The van der Waals surface area contributed by atoms with Crippen LogP contribution in [0, 0.1) is 0 Å². The Labute approximate surface area is 125 Å². The van der Waals surface area contributed by atoms with Gasteiger partial charge in [-0.2, -0.15) is 4.98 Å². The third-order valence-electron chi connectivity index (χ3n) is 2.86. The van der Waals surface area contributed by atoms with E-state index in [0.717, 1.165) is 17.9 Å². The molecule has 5 heteroatoms. The zero-order chi connectivity index (χ0) is 15.2. The molecule has 0 saturated heterocycles. The van der Waals surface area contributed by atoms with Crippen molar-refractivity contribution in [3.8, 4) is 17.5 Å². The van der Waals surface area contributed by atoms with Crippen LogP contribution in [0.3, 0.4) is 0 Å². The van der Waals surface area contributed by atoms with Crippen LogP contribution in [0.15, 0.2) is 36.4 Å². The van der Waals surface area contributed by atoms with E-state index in [-0.39, 0.29) is 0 Å². The second kappa shape index (κ2) is 6.83. The maximum Gasteiger partial charge on any atom is 0.240 e. The smallest absolute Gasteiger partial charge is 0.240 e. The van der Waals surface area contributed by atoms with Crippen LogP contribution in [-0.4, -0.2) is 25.7 Å². The van der Waals surface area contributed by atoms with Crippen LogP contribution in [0.2, 0.25) is 0 Å². The highest BCUT2D eigenvalue weighted by Crippen LogP contribution is 2.27. The maximum absolute atomic E-state index is 5.84. The van der Waals surface area contributed by atoms with E-state index < -0.39 is 0 Å². The summed E-state index contributed by atoms with van der Waals surface area (Å²) < 4.78 is 11.3. The summed E-state index contributed by atoms with van der Waals surface area (Å²) in [5, 5.41) is 0. The van der Waals surface area contributed by atoms with E-state index in [0.29, 0.717) is 24.1 Å². The first-order valence-electron chi connectivity index (χ1n) is 6.94. The minimum Gasteiger partial charge on any atom is -0.476 e. The van der Waals surface area contributed by atoms with E-state index in [1.165, 1.54) is 0 Å². The highest BCUT2D eigenvalue weighted by Gasteiger charge is 2.07. The Morgan fingerprint density at radius 1 is 1.19 bits per heavy atom. The van der Waals surface area contributed by atoms with Gasteiger partial charge < -0.3 is 20.1 Å². The Morgan fingerprint density at radius 2 is 2.00 bits per heavy atom. The molecular weight excluding hydrogens is 266 g/mol. The molecule has 0 unspecified atom stereocenters. The Kier molecular flexibility index (Phi) is 4.87. The van der Waals surface area contributed by atoms with Gasteiger partial charge in [0.1, 0.15) is 5.75 Å². The van der Waals surface area contributed by atoms with Crippen LogP contribution >= 0.6 is 0 Å². The minimum absolute atomic E-state index is 0.415. The fourth-order valence-electron chi connectivity index (χ4n) is 1.75. The van der Waals surface area contributed by atoms with Crippen molar-refractivity contribution in [1.82, 2.24) is 4.98 Å². The van der Waals surface area contributed by atoms with Crippen molar-refractivity contribution < 1.29 is 9.47 Å². The van der Waals surface area contributed by atoms with Crippen molar-refractivity contribution in [1.29, 1.82) is 0 Å². The molecule has 0 aliphatic rings.